The van der Waals surface area contributed by atoms with E-state index in [-0.39, 0.29) is 29.7 Å². The lowest BCUT2D eigenvalue weighted by molar-refractivity contribution is -0.0664. The van der Waals surface area contributed by atoms with Crippen molar-refractivity contribution in [2.75, 3.05) is 20.7 Å². The Labute approximate surface area is 134 Å². The van der Waals surface area contributed by atoms with Crippen molar-refractivity contribution >= 4 is 5.91 Å². The van der Waals surface area contributed by atoms with Gasteiger partial charge in [0, 0.05) is 18.2 Å². The van der Waals surface area contributed by atoms with E-state index in [4.69, 9.17) is 10.00 Å². The number of hydrogen-bond acceptors (Lipinski definition) is 5. The van der Waals surface area contributed by atoms with Crippen LogP contribution < -0.4 is 10.9 Å². The molecule has 1 aromatic rings. The van der Waals surface area contributed by atoms with Crippen molar-refractivity contribution in [2.45, 2.75) is 31.5 Å². The first-order valence-electron chi connectivity index (χ1n) is 7.67. The first-order valence-corrected chi connectivity index (χ1v) is 7.67. The molecule has 122 valence electrons. The van der Waals surface area contributed by atoms with Gasteiger partial charge in [0.2, 0.25) is 0 Å². The van der Waals surface area contributed by atoms with Gasteiger partial charge in [0.25, 0.3) is 11.5 Å². The van der Waals surface area contributed by atoms with Crippen molar-refractivity contribution in [3.63, 3.8) is 0 Å². The number of carbonyl (C=O) groups is 1. The van der Waals surface area contributed by atoms with E-state index in [1.807, 2.05) is 20.2 Å². The number of ether oxygens (including phenoxy) is 1. The standard InChI is InChI=1S/C16H20N4O3/c1-8-11(6-9(7-17)15(21)18-8)16(22)19-12-10-4-5-23-14(10)13(12)20(2)3/h6,10,12-14H,4-5H2,1-3H3,(H,18,21)(H,19,22)/t10-,12+,13-,14-/m0/s1. The van der Waals surface area contributed by atoms with Gasteiger partial charge in [0.15, 0.2) is 0 Å². The topological polar surface area (TPSA) is 98.2 Å². The molecule has 3 rings (SSSR count). The van der Waals surface area contributed by atoms with Crippen LogP contribution >= 0.6 is 0 Å². The summed E-state index contributed by atoms with van der Waals surface area (Å²) in [4.78, 5) is 28.8. The van der Waals surface area contributed by atoms with E-state index in [0.717, 1.165) is 13.0 Å². The summed E-state index contributed by atoms with van der Waals surface area (Å²) in [5, 5.41) is 12.0. The molecular formula is C16H20N4O3. The van der Waals surface area contributed by atoms with Crippen LogP contribution in [0.3, 0.4) is 0 Å². The number of hydrogen-bond donors (Lipinski definition) is 2. The molecule has 2 N–H and O–H groups in total. The van der Waals surface area contributed by atoms with Gasteiger partial charge < -0.3 is 19.9 Å². The molecule has 7 nitrogen and oxygen atoms in total. The molecule has 1 saturated heterocycles. The number of aromatic amines is 1. The number of carbonyl (C=O) groups excluding carboxylic acids is 1. The minimum absolute atomic E-state index is 0.0156. The maximum absolute atomic E-state index is 12.6. The number of H-pyrrole nitrogens is 1. The molecule has 2 fully saturated rings. The monoisotopic (exact) mass is 316 g/mol. The molecule has 23 heavy (non-hydrogen) atoms. The molecule has 1 aromatic heterocycles. The van der Waals surface area contributed by atoms with Crippen LogP contribution in [0.4, 0.5) is 0 Å². The fourth-order valence-corrected chi connectivity index (χ4v) is 3.65. The van der Waals surface area contributed by atoms with E-state index in [1.54, 1.807) is 6.92 Å². The van der Waals surface area contributed by atoms with Gasteiger partial charge in [-0.2, -0.15) is 5.26 Å². The fraction of sp³-hybridized carbons (Fsp3) is 0.562. The molecule has 0 bridgehead atoms. The summed E-state index contributed by atoms with van der Waals surface area (Å²) in [7, 11) is 3.95. The summed E-state index contributed by atoms with van der Waals surface area (Å²) in [6.45, 7) is 2.38. The predicted octanol–water partition coefficient (Wildman–Crippen LogP) is 0.00230. The van der Waals surface area contributed by atoms with E-state index < -0.39 is 5.56 Å². The first-order chi connectivity index (χ1) is 10.9. The molecule has 1 amide bonds. The smallest absolute Gasteiger partial charge is 0.266 e. The Morgan fingerprint density at radius 1 is 1.52 bits per heavy atom. The highest BCUT2D eigenvalue weighted by atomic mass is 16.5. The van der Waals surface area contributed by atoms with Crippen molar-refractivity contribution in [3.8, 4) is 6.07 Å². The molecule has 0 aromatic carbocycles. The number of rotatable bonds is 3. The number of nitriles is 1. The van der Waals surface area contributed by atoms with Gasteiger partial charge in [-0.3, -0.25) is 9.59 Å². The van der Waals surface area contributed by atoms with E-state index in [2.05, 4.69) is 15.2 Å². The zero-order valence-corrected chi connectivity index (χ0v) is 13.4. The molecule has 1 aliphatic carbocycles. The molecule has 0 spiro atoms. The van der Waals surface area contributed by atoms with Crippen LogP contribution in [0.2, 0.25) is 0 Å². The summed E-state index contributed by atoms with van der Waals surface area (Å²) >= 11 is 0. The average molecular weight is 316 g/mol. The van der Waals surface area contributed by atoms with Crippen molar-refractivity contribution in [1.29, 1.82) is 5.26 Å². The first kappa shape index (κ1) is 15.7. The number of nitrogens with zero attached hydrogens (tertiary/aromatic N) is 2. The lowest BCUT2D eigenvalue weighted by Crippen LogP contribution is -2.69. The molecular weight excluding hydrogens is 296 g/mol. The Bertz CT molecular complexity index is 734. The minimum atomic E-state index is -0.472. The highest BCUT2D eigenvalue weighted by Crippen LogP contribution is 2.41. The Morgan fingerprint density at radius 2 is 2.26 bits per heavy atom. The number of aryl methyl sites for hydroxylation is 1. The second kappa shape index (κ2) is 5.80. The Kier molecular flexibility index (Phi) is 3.96. The summed E-state index contributed by atoms with van der Waals surface area (Å²) in [5.41, 5.74) is 0.272. The van der Waals surface area contributed by atoms with Crippen LogP contribution in [0.25, 0.3) is 0 Å². The number of likely N-dealkylation sites (N-methyl/N-ethyl adjacent to an activating group) is 1. The normalized spacial score (nSPS) is 28.8. The summed E-state index contributed by atoms with van der Waals surface area (Å²) in [6, 6.07) is 3.33. The summed E-state index contributed by atoms with van der Waals surface area (Å²) in [5.74, 6) is 0.0577. The van der Waals surface area contributed by atoms with Crippen molar-refractivity contribution in [3.05, 3.63) is 33.2 Å². The van der Waals surface area contributed by atoms with Gasteiger partial charge in [-0.15, -0.1) is 0 Å². The van der Waals surface area contributed by atoms with Gasteiger partial charge in [-0.1, -0.05) is 0 Å². The lowest BCUT2D eigenvalue weighted by Gasteiger charge is -2.50. The molecule has 2 heterocycles. The van der Waals surface area contributed by atoms with E-state index in [1.165, 1.54) is 6.07 Å². The van der Waals surface area contributed by atoms with E-state index >= 15 is 0 Å². The number of pyridine rings is 1. The number of nitrogens with one attached hydrogen (secondary N) is 2. The largest absolute Gasteiger partial charge is 0.376 e. The highest BCUT2D eigenvalue weighted by molar-refractivity contribution is 5.95. The van der Waals surface area contributed by atoms with Crippen LogP contribution in [0, 0.1) is 24.2 Å². The predicted molar refractivity (Wildman–Crippen MR) is 83.1 cm³/mol. The van der Waals surface area contributed by atoms with Crippen molar-refractivity contribution < 1.29 is 9.53 Å². The maximum Gasteiger partial charge on any atom is 0.266 e. The summed E-state index contributed by atoms with van der Waals surface area (Å²) < 4.78 is 5.74. The zero-order valence-electron chi connectivity index (χ0n) is 13.4. The number of fused-ring (bicyclic) bond motifs is 1. The van der Waals surface area contributed by atoms with Crippen LogP contribution in [-0.4, -0.2) is 54.7 Å². The average Bonchev–Trinajstić information content (AvgIpc) is 2.88. The van der Waals surface area contributed by atoms with Crippen molar-refractivity contribution in [2.24, 2.45) is 5.92 Å². The third-order valence-corrected chi connectivity index (χ3v) is 4.85. The van der Waals surface area contributed by atoms with Gasteiger partial charge in [0.1, 0.15) is 11.6 Å². The molecule has 1 saturated carbocycles. The summed E-state index contributed by atoms with van der Waals surface area (Å²) in [6.07, 6.45) is 1.11. The lowest BCUT2D eigenvalue weighted by atomic mass is 9.71. The molecule has 4 atom stereocenters. The van der Waals surface area contributed by atoms with Crippen LogP contribution in [0.5, 0.6) is 0 Å². The highest BCUT2D eigenvalue weighted by Gasteiger charge is 2.55. The van der Waals surface area contributed by atoms with Gasteiger partial charge in [-0.25, -0.2) is 0 Å². The van der Waals surface area contributed by atoms with E-state index in [0.29, 0.717) is 17.2 Å². The zero-order chi connectivity index (χ0) is 16.7. The second-order valence-corrected chi connectivity index (χ2v) is 6.40. The van der Waals surface area contributed by atoms with Crippen LogP contribution in [0.15, 0.2) is 10.9 Å². The SMILES string of the molecule is Cc1[nH]c(=O)c(C#N)cc1C(=O)N[C@@H]1[C@@H]2CCO[C@@H]2[C@H]1N(C)C. The third-order valence-electron chi connectivity index (χ3n) is 4.85. The quantitative estimate of drug-likeness (QED) is 0.818. The number of aromatic nitrogens is 1. The number of amides is 1. The Morgan fingerprint density at radius 3 is 2.91 bits per heavy atom. The molecule has 7 heteroatoms. The van der Waals surface area contributed by atoms with Crippen molar-refractivity contribution in [1.82, 2.24) is 15.2 Å². The third kappa shape index (κ3) is 2.54. The molecule has 0 radical (unpaired) electrons. The molecule has 0 unspecified atom stereocenters. The second-order valence-electron chi connectivity index (χ2n) is 6.40. The molecule has 2 aliphatic rings. The van der Waals surface area contributed by atoms with Gasteiger partial charge in [0.05, 0.1) is 23.8 Å². The van der Waals surface area contributed by atoms with Gasteiger partial charge >= 0.3 is 0 Å². The van der Waals surface area contributed by atoms with Crippen LogP contribution in [-0.2, 0) is 4.74 Å². The maximum atomic E-state index is 12.6. The fourth-order valence-electron chi connectivity index (χ4n) is 3.65. The Hall–Kier alpha value is -2.17. The van der Waals surface area contributed by atoms with Gasteiger partial charge in [-0.05, 0) is 33.5 Å². The Balaban J connectivity index is 1.82. The van der Waals surface area contributed by atoms with E-state index in [9.17, 15) is 9.59 Å². The minimum Gasteiger partial charge on any atom is -0.376 e. The molecule has 1 aliphatic heterocycles. The van der Waals surface area contributed by atoms with Crippen LogP contribution in [0.1, 0.15) is 28.0 Å².